The highest BCUT2D eigenvalue weighted by molar-refractivity contribution is 4.83. The number of aromatic nitrogens is 2. The Morgan fingerprint density at radius 1 is 1.06 bits per heavy atom. The molecule has 0 aliphatic heterocycles. The number of hydrogen-bond donors (Lipinski definition) is 0. The van der Waals surface area contributed by atoms with Crippen LogP contribution >= 0.6 is 0 Å². The second kappa shape index (κ2) is 7.48. The number of unbranched alkanes of at least 4 members (excludes halogenated alkanes) is 4. The Bertz CT molecular complexity index is 289. The molecule has 0 bridgehead atoms. The first-order valence-corrected chi connectivity index (χ1v) is 6.83. The van der Waals surface area contributed by atoms with Crippen molar-refractivity contribution >= 4 is 0 Å². The minimum absolute atomic E-state index is 1.18. The number of hydrogen-bond acceptors (Lipinski definition) is 0. The van der Waals surface area contributed by atoms with Gasteiger partial charge in [-0.3, -0.25) is 0 Å². The first-order valence-electron chi connectivity index (χ1n) is 6.83. The van der Waals surface area contributed by atoms with Crippen molar-refractivity contribution in [3.05, 3.63) is 18.2 Å². The lowest BCUT2D eigenvalue weighted by Gasteiger charge is -2.02. The van der Waals surface area contributed by atoms with E-state index in [0.717, 1.165) is 0 Å². The minimum Gasteiger partial charge on any atom is -0.237 e. The van der Waals surface area contributed by atoms with Gasteiger partial charge in [0.25, 0.3) is 5.82 Å². The fourth-order valence-electron chi connectivity index (χ4n) is 2.12. The third kappa shape index (κ3) is 3.99. The van der Waals surface area contributed by atoms with Gasteiger partial charge in [0.1, 0.15) is 12.4 Å². The van der Waals surface area contributed by atoms with Crippen molar-refractivity contribution in [2.45, 2.75) is 65.3 Å². The molecule has 0 N–H and O–H groups in total. The van der Waals surface area contributed by atoms with Gasteiger partial charge >= 0.3 is 0 Å². The highest BCUT2D eigenvalue weighted by Crippen LogP contribution is 2.06. The molecular weight excluding hydrogens is 196 g/mol. The molecule has 0 atom stereocenters. The van der Waals surface area contributed by atoms with Crippen molar-refractivity contribution in [3.63, 3.8) is 0 Å². The Labute approximate surface area is 100 Å². The Balaban J connectivity index is 2.45. The monoisotopic (exact) mass is 223 g/mol. The molecule has 1 rings (SSSR count). The van der Waals surface area contributed by atoms with Crippen LogP contribution in [0.15, 0.2) is 12.4 Å². The van der Waals surface area contributed by atoms with E-state index in [0.29, 0.717) is 0 Å². The molecule has 1 aromatic heterocycles. The predicted octanol–water partition coefficient (Wildman–Crippen LogP) is 3.24. The summed E-state index contributed by atoms with van der Waals surface area (Å²) in [5.74, 6) is 1.49. The molecule has 92 valence electrons. The van der Waals surface area contributed by atoms with Crippen molar-refractivity contribution < 1.29 is 4.57 Å². The molecule has 0 saturated carbocycles. The zero-order chi connectivity index (χ0) is 11.8. The van der Waals surface area contributed by atoms with E-state index in [1.165, 1.54) is 57.3 Å². The van der Waals surface area contributed by atoms with Crippen molar-refractivity contribution in [2.24, 2.45) is 7.05 Å². The topological polar surface area (TPSA) is 8.81 Å². The number of imidazole rings is 1. The highest BCUT2D eigenvalue weighted by Gasteiger charge is 2.12. The van der Waals surface area contributed by atoms with Gasteiger partial charge in [0.05, 0.1) is 13.6 Å². The summed E-state index contributed by atoms with van der Waals surface area (Å²) in [5, 5.41) is 0. The quantitative estimate of drug-likeness (QED) is 0.472. The lowest BCUT2D eigenvalue weighted by atomic mass is 10.1. The molecule has 0 unspecified atom stereocenters. The van der Waals surface area contributed by atoms with Gasteiger partial charge in [-0.25, -0.2) is 9.13 Å². The third-order valence-corrected chi connectivity index (χ3v) is 3.22. The van der Waals surface area contributed by atoms with Crippen LogP contribution in [0, 0.1) is 0 Å². The molecule has 0 spiro atoms. The molecule has 16 heavy (non-hydrogen) atoms. The van der Waals surface area contributed by atoms with Gasteiger partial charge in [-0.15, -0.1) is 0 Å². The highest BCUT2D eigenvalue weighted by atomic mass is 15.1. The van der Waals surface area contributed by atoms with E-state index in [4.69, 9.17) is 0 Å². The Morgan fingerprint density at radius 3 is 2.50 bits per heavy atom. The normalized spacial score (nSPS) is 10.9. The summed E-state index contributed by atoms with van der Waals surface area (Å²) in [6.45, 7) is 5.70. The lowest BCUT2D eigenvalue weighted by Crippen LogP contribution is -2.32. The SMILES string of the molecule is CCCCCCc1n(CCCC)cc[n+]1C. The van der Waals surface area contributed by atoms with Gasteiger partial charge in [0.2, 0.25) is 0 Å². The fourth-order valence-corrected chi connectivity index (χ4v) is 2.12. The zero-order valence-electron chi connectivity index (χ0n) is 11.2. The van der Waals surface area contributed by atoms with E-state index in [1.54, 1.807) is 0 Å². The van der Waals surface area contributed by atoms with Crippen molar-refractivity contribution in [1.29, 1.82) is 0 Å². The minimum atomic E-state index is 1.18. The second-order valence-electron chi connectivity index (χ2n) is 4.68. The number of rotatable bonds is 8. The van der Waals surface area contributed by atoms with Crippen LogP contribution in [0.4, 0.5) is 0 Å². The third-order valence-electron chi connectivity index (χ3n) is 3.22. The fraction of sp³-hybridized carbons (Fsp3) is 0.786. The Hall–Kier alpha value is -0.790. The molecule has 0 fully saturated rings. The molecule has 1 aromatic rings. The number of nitrogens with zero attached hydrogens (tertiary/aromatic N) is 2. The zero-order valence-corrected chi connectivity index (χ0v) is 11.2. The summed E-state index contributed by atoms with van der Waals surface area (Å²) in [5.41, 5.74) is 0. The van der Waals surface area contributed by atoms with Gasteiger partial charge in [0, 0.05) is 6.42 Å². The van der Waals surface area contributed by atoms with Gasteiger partial charge in [0.15, 0.2) is 0 Å². The summed E-state index contributed by atoms with van der Waals surface area (Å²) >= 11 is 0. The summed E-state index contributed by atoms with van der Waals surface area (Å²) < 4.78 is 4.71. The second-order valence-corrected chi connectivity index (χ2v) is 4.68. The van der Waals surface area contributed by atoms with E-state index in [-0.39, 0.29) is 0 Å². The van der Waals surface area contributed by atoms with E-state index < -0.39 is 0 Å². The van der Waals surface area contributed by atoms with Crippen LogP contribution < -0.4 is 4.57 Å². The average molecular weight is 223 g/mol. The Kier molecular flexibility index (Phi) is 6.20. The first kappa shape index (κ1) is 13.3. The van der Waals surface area contributed by atoms with Gasteiger partial charge in [-0.2, -0.15) is 0 Å². The van der Waals surface area contributed by atoms with Gasteiger partial charge < -0.3 is 0 Å². The van der Waals surface area contributed by atoms with Crippen LogP contribution in [0.2, 0.25) is 0 Å². The predicted molar refractivity (Wildman–Crippen MR) is 68.4 cm³/mol. The largest absolute Gasteiger partial charge is 0.256 e. The van der Waals surface area contributed by atoms with Crippen LogP contribution in [0.3, 0.4) is 0 Å². The average Bonchev–Trinajstić information content (AvgIpc) is 2.63. The Morgan fingerprint density at radius 2 is 1.81 bits per heavy atom. The lowest BCUT2D eigenvalue weighted by molar-refractivity contribution is -0.678. The molecule has 0 aliphatic carbocycles. The summed E-state index contributed by atoms with van der Waals surface area (Å²) in [7, 11) is 2.16. The summed E-state index contributed by atoms with van der Waals surface area (Å²) in [6.07, 6.45) is 13.6. The van der Waals surface area contributed by atoms with Crippen LogP contribution in [0.1, 0.15) is 58.2 Å². The standard InChI is InChI=1S/C14H27N2/c1-4-6-8-9-10-14-15(3)12-13-16(14)11-7-5-2/h12-13H,4-11H2,1-3H3/q+1. The first-order chi connectivity index (χ1) is 7.79. The van der Waals surface area contributed by atoms with Crippen LogP contribution in [0.5, 0.6) is 0 Å². The number of aryl methyl sites for hydroxylation is 2. The van der Waals surface area contributed by atoms with E-state index in [2.05, 4.69) is 42.4 Å². The maximum atomic E-state index is 2.43. The van der Waals surface area contributed by atoms with Crippen LogP contribution in [0.25, 0.3) is 0 Å². The molecule has 2 nitrogen and oxygen atoms in total. The van der Waals surface area contributed by atoms with Crippen molar-refractivity contribution in [3.8, 4) is 0 Å². The van der Waals surface area contributed by atoms with E-state index in [9.17, 15) is 0 Å². The molecule has 0 aromatic carbocycles. The molecular formula is C14H27N2+. The maximum Gasteiger partial charge on any atom is 0.256 e. The van der Waals surface area contributed by atoms with Crippen LogP contribution in [-0.4, -0.2) is 4.57 Å². The van der Waals surface area contributed by atoms with Crippen molar-refractivity contribution in [1.82, 2.24) is 4.57 Å². The van der Waals surface area contributed by atoms with E-state index >= 15 is 0 Å². The van der Waals surface area contributed by atoms with Gasteiger partial charge in [-0.1, -0.05) is 39.5 Å². The van der Waals surface area contributed by atoms with Crippen LogP contribution in [-0.2, 0) is 20.0 Å². The van der Waals surface area contributed by atoms with Gasteiger partial charge in [-0.05, 0) is 12.8 Å². The molecule has 0 aliphatic rings. The molecule has 2 heteroatoms. The molecule has 0 radical (unpaired) electrons. The summed E-state index contributed by atoms with van der Waals surface area (Å²) in [4.78, 5) is 0. The van der Waals surface area contributed by atoms with Crippen molar-refractivity contribution in [2.75, 3.05) is 0 Å². The molecule has 1 heterocycles. The smallest absolute Gasteiger partial charge is 0.237 e. The molecule has 0 saturated heterocycles. The maximum absolute atomic E-state index is 2.43. The molecule has 0 amide bonds. The summed E-state index contributed by atoms with van der Waals surface area (Å²) in [6, 6.07) is 0. The van der Waals surface area contributed by atoms with E-state index in [1.807, 2.05) is 0 Å².